The standard InChI is InChI=1S/C15H26N2O7/c1-14(2,3)23-11(20)7-9(12(21)16-8-10(18)19)17-13(22)24-15(4,5)6/h9H,7-8H2,1-6H3,(H,16,21)(H,17,22)(H,18,19)/t9-/m0/s1. The van der Waals surface area contributed by atoms with Crippen molar-refractivity contribution in [2.24, 2.45) is 0 Å². The van der Waals surface area contributed by atoms with Gasteiger partial charge >= 0.3 is 18.0 Å². The smallest absolute Gasteiger partial charge is 0.408 e. The summed E-state index contributed by atoms with van der Waals surface area (Å²) in [5.74, 6) is -2.79. The minimum atomic E-state index is -1.31. The van der Waals surface area contributed by atoms with Crippen LogP contribution in [0.4, 0.5) is 4.79 Å². The summed E-state index contributed by atoms with van der Waals surface area (Å²) in [6.07, 6.45) is -1.36. The molecule has 0 radical (unpaired) electrons. The molecule has 3 N–H and O–H groups in total. The van der Waals surface area contributed by atoms with E-state index in [-0.39, 0.29) is 0 Å². The number of carboxylic acids is 1. The number of ether oxygens (including phenoxy) is 2. The number of rotatable bonds is 6. The Balaban J connectivity index is 4.94. The number of carbonyl (C=O) groups excluding carboxylic acids is 3. The van der Waals surface area contributed by atoms with Crippen LogP contribution in [0, 0.1) is 0 Å². The van der Waals surface area contributed by atoms with Gasteiger partial charge in [-0.25, -0.2) is 4.79 Å². The Morgan fingerprint density at radius 2 is 1.46 bits per heavy atom. The molecule has 0 saturated heterocycles. The molecular weight excluding hydrogens is 320 g/mol. The second-order valence-corrected chi connectivity index (χ2v) is 7.10. The molecule has 2 amide bonds. The van der Waals surface area contributed by atoms with Crippen molar-refractivity contribution >= 4 is 23.9 Å². The van der Waals surface area contributed by atoms with Crippen LogP contribution < -0.4 is 10.6 Å². The summed E-state index contributed by atoms with van der Waals surface area (Å²) < 4.78 is 10.1. The van der Waals surface area contributed by atoms with Gasteiger partial charge in [0.15, 0.2) is 0 Å². The number of nitrogens with one attached hydrogen (secondary N) is 2. The van der Waals surface area contributed by atoms with Crippen LogP contribution in [0.2, 0.25) is 0 Å². The quantitative estimate of drug-likeness (QED) is 0.607. The van der Waals surface area contributed by atoms with Crippen LogP contribution in [0.1, 0.15) is 48.0 Å². The first-order valence-electron chi connectivity index (χ1n) is 7.40. The molecule has 9 heteroatoms. The predicted octanol–water partition coefficient (Wildman–Crippen LogP) is 0.812. The number of amides is 2. The lowest BCUT2D eigenvalue weighted by molar-refractivity contribution is -0.156. The Bertz CT molecular complexity index is 459. The van der Waals surface area contributed by atoms with E-state index in [1.807, 2.05) is 0 Å². The molecule has 0 aliphatic carbocycles. The number of hydrogen-bond donors (Lipinski definition) is 3. The highest BCUT2D eigenvalue weighted by molar-refractivity contribution is 5.91. The second-order valence-electron chi connectivity index (χ2n) is 7.10. The first kappa shape index (κ1) is 21.7. The Morgan fingerprint density at radius 3 is 1.88 bits per heavy atom. The third-order valence-corrected chi connectivity index (χ3v) is 2.21. The second kappa shape index (κ2) is 8.51. The largest absolute Gasteiger partial charge is 0.480 e. The van der Waals surface area contributed by atoms with E-state index < -0.39 is 54.1 Å². The van der Waals surface area contributed by atoms with Gasteiger partial charge in [0.25, 0.3) is 0 Å². The van der Waals surface area contributed by atoms with E-state index in [4.69, 9.17) is 14.6 Å². The Morgan fingerprint density at radius 1 is 0.958 bits per heavy atom. The van der Waals surface area contributed by atoms with Crippen LogP contribution in [-0.4, -0.2) is 52.8 Å². The summed E-state index contributed by atoms with van der Waals surface area (Å²) in [4.78, 5) is 46.2. The summed E-state index contributed by atoms with van der Waals surface area (Å²) in [6.45, 7) is 9.25. The molecule has 0 aromatic rings. The van der Waals surface area contributed by atoms with Crippen molar-refractivity contribution in [3.63, 3.8) is 0 Å². The number of hydrogen-bond acceptors (Lipinski definition) is 6. The van der Waals surface area contributed by atoms with Gasteiger partial charge in [0.2, 0.25) is 5.91 Å². The molecule has 0 aliphatic heterocycles. The van der Waals surface area contributed by atoms with Crippen molar-refractivity contribution in [3.8, 4) is 0 Å². The average molecular weight is 346 g/mol. The van der Waals surface area contributed by atoms with Crippen molar-refractivity contribution in [3.05, 3.63) is 0 Å². The summed E-state index contributed by atoms with van der Waals surface area (Å²) in [5, 5.41) is 12.9. The molecule has 0 bridgehead atoms. The van der Waals surface area contributed by atoms with E-state index >= 15 is 0 Å². The van der Waals surface area contributed by atoms with Gasteiger partial charge in [-0.05, 0) is 41.5 Å². The van der Waals surface area contributed by atoms with Crippen molar-refractivity contribution < 1.29 is 33.8 Å². The zero-order valence-electron chi connectivity index (χ0n) is 14.9. The number of alkyl carbamates (subject to hydrolysis) is 1. The maximum Gasteiger partial charge on any atom is 0.408 e. The molecule has 0 saturated carbocycles. The lowest BCUT2D eigenvalue weighted by atomic mass is 10.1. The summed E-state index contributed by atoms with van der Waals surface area (Å²) in [5.41, 5.74) is -1.55. The SMILES string of the molecule is CC(C)(C)OC(=O)C[C@H](NC(=O)OC(C)(C)C)C(=O)NCC(=O)O. The predicted molar refractivity (Wildman–Crippen MR) is 84.3 cm³/mol. The third kappa shape index (κ3) is 11.3. The van der Waals surface area contributed by atoms with Gasteiger partial charge < -0.3 is 25.2 Å². The Kier molecular flexibility index (Phi) is 7.69. The van der Waals surface area contributed by atoms with Crippen molar-refractivity contribution in [2.75, 3.05) is 6.54 Å². The average Bonchev–Trinajstić information content (AvgIpc) is 2.30. The number of carboxylic acid groups (broad SMARTS) is 1. The minimum Gasteiger partial charge on any atom is -0.480 e. The van der Waals surface area contributed by atoms with Crippen molar-refractivity contribution in [2.45, 2.75) is 65.2 Å². The van der Waals surface area contributed by atoms with Crippen LogP contribution in [0.25, 0.3) is 0 Å². The fourth-order valence-corrected chi connectivity index (χ4v) is 1.49. The topological polar surface area (TPSA) is 131 Å². The molecule has 9 nitrogen and oxygen atoms in total. The van der Waals surface area contributed by atoms with Gasteiger partial charge in [0, 0.05) is 0 Å². The zero-order valence-corrected chi connectivity index (χ0v) is 14.9. The van der Waals surface area contributed by atoms with Crippen LogP contribution in [0.3, 0.4) is 0 Å². The van der Waals surface area contributed by atoms with Gasteiger partial charge in [-0.15, -0.1) is 0 Å². The van der Waals surface area contributed by atoms with E-state index in [1.165, 1.54) is 0 Å². The first-order chi connectivity index (χ1) is 10.7. The summed E-state index contributed by atoms with van der Waals surface area (Å²) >= 11 is 0. The zero-order chi connectivity index (χ0) is 19.1. The Hall–Kier alpha value is -2.32. The highest BCUT2D eigenvalue weighted by Crippen LogP contribution is 2.11. The molecule has 0 fully saturated rings. The molecular formula is C15H26N2O7. The van der Waals surface area contributed by atoms with Gasteiger partial charge in [0.05, 0.1) is 6.42 Å². The van der Waals surface area contributed by atoms with Crippen LogP contribution in [0.15, 0.2) is 0 Å². The van der Waals surface area contributed by atoms with E-state index in [1.54, 1.807) is 41.5 Å². The fourth-order valence-electron chi connectivity index (χ4n) is 1.49. The molecule has 0 spiro atoms. The number of carbonyl (C=O) groups is 4. The molecule has 0 heterocycles. The maximum atomic E-state index is 12.0. The highest BCUT2D eigenvalue weighted by Gasteiger charge is 2.29. The summed E-state index contributed by atoms with van der Waals surface area (Å²) in [7, 11) is 0. The first-order valence-corrected chi connectivity index (χ1v) is 7.40. The molecule has 0 aromatic heterocycles. The van der Waals surface area contributed by atoms with E-state index in [0.29, 0.717) is 0 Å². The van der Waals surface area contributed by atoms with Crippen LogP contribution in [-0.2, 0) is 23.9 Å². The minimum absolute atomic E-state index is 0.456. The van der Waals surface area contributed by atoms with Crippen LogP contribution in [0.5, 0.6) is 0 Å². The molecule has 138 valence electrons. The van der Waals surface area contributed by atoms with Gasteiger partial charge in [0.1, 0.15) is 23.8 Å². The third-order valence-electron chi connectivity index (χ3n) is 2.21. The van der Waals surface area contributed by atoms with E-state index in [2.05, 4.69) is 10.6 Å². The molecule has 0 aromatic carbocycles. The van der Waals surface area contributed by atoms with Gasteiger partial charge in [-0.3, -0.25) is 14.4 Å². The molecule has 0 unspecified atom stereocenters. The van der Waals surface area contributed by atoms with E-state index in [9.17, 15) is 19.2 Å². The molecule has 0 aliphatic rings. The molecule has 1 atom stereocenters. The summed E-state index contributed by atoms with van der Waals surface area (Å²) in [6, 6.07) is -1.31. The highest BCUT2D eigenvalue weighted by atomic mass is 16.6. The van der Waals surface area contributed by atoms with Crippen molar-refractivity contribution in [1.82, 2.24) is 10.6 Å². The lowest BCUT2D eigenvalue weighted by Crippen LogP contribution is -2.50. The van der Waals surface area contributed by atoms with Crippen molar-refractivity contribution in [1.29, 1.82) is 0 Å². The normalized spacial score (nSPS) is 12.8. The number of aliphatic carboxylic acids is 1. The Labute approximate surface area is 141 Å². The molecule has 24 heavy (non-hydrogen) atoms. The fraction of sp³-hybridized carbons (Fsp3) is 0.733. The van der Waals surface area contributed by atoms with E-state index in [0.717, 1.165) is 0 Å². The molecule has 0 rings (SSSR count). The maximum absolute atomic E-state index is 12.0. The van der Waals surface area contributed by atoms with Crippen LogP contribution >= 0.6 is 0 Å². The lowest BCUT2D eigenvalue weighted by Gasteiger charge is -2.24. The number of esters is 1. The monoisotopic (exact) mass is 346 g/mol. The van der Waals surface area contributed by atoms with Gasteiger partial charge in [-0.2, -0.15) is 0 Å². The van der Waals surface area contributed by atoms with Gasteiger partial charge in [-0.1, -0.05) is 0 Å².